The van der Waals surface area contributed by atoms with Crippen LogP contribution < -0.4 is 0 Å². The second kappa shape index (κ2) is 6.90. The zero-order valence-corrected chi connectivity index (χ0v) is 15.8. The summed E-state index contributed by atoms with van der Waals surface area (Å²) in [7, 11) is 0. The molecule has 0 aliphatic carbocycles. The SMILES string of the molecule is CCn1cc(-c2ccc(O)cc2-c2cncc3sc(C#N)cc23)c(C(F)(F)F)n1. The van der Waals surface area contributed by atoms with Crippen molar-refractivity contribution in [3.05, 3.63) is 53.4 Å². The predicted molar refractivity (Wildman–Crippen MR) is 103 cm³/mol. The summed E-state index contributed by atoms with van der Waals surface area (Å²) < 4.78 is 42.8. The molecule has 0 saturated carbocycles. The molecule has 1 aromatic carbocycles. The van der Waals surface area contributed by atoms with Gasteiger partial charge in [-0.15, -0.1) is 11.3 Å². The van der Waals surface area contributed by atoms with Gasteiger partial charge in [-0.2, -0.15) is 23.5 Å². The average Bonchev–Trinajstić information content (AvgIpc) is 3.31. The van der Waals surface area contributed by atoms with Gasteiger partial charge >= 0.3 is 6.18 Å². The quantitative estimate of drug-likeness (QED) is 0.484. The Hall–Kier alpha value is -3.38. The fourth-order valence-electron chi connectivity index (χ4n) is 3.21. The summed E-state index contributed by atoms with van der Waals surface area (Å²) in [5.74, 6) is -0.0899. The highest BCUT2D eigenvalue weighted by Gasteiger charge is 2.38. The van der Waals surface area contributed by atoms with E-state index in [9.17, 15) is 23.5 Å². The minimum Gasteiger partial charge on any atom is -0.508 e. The molecule has 0 atom stereocenters. The lowest BCUT2D eigenvalue weighted by molar-refractivity contribution is -0.141. The molecule has 146 valence electrons. The Morgan fingerprint density at radius 2 is 1.93 bits per heavy atom. The number of aromatic hydroxyl groups is 1. The van der Waals surface area contributed by atoms with Gasteiger partial charge in [-0.05, 0) is 42.3 Å². The van der Waals surface area contributed by atoms with Gasteiger partial charge in [-0.1, -0.05) is 0 Å². The second-order valence-corrected chi connectivity index (χ2v) is 7.38. The second-order valence-electron chi connectivity index (χ2n) is 6.30. The Bertz CT molecular complexity index is 1270. The van der Waals surface area contributed by atoms with Gasteiger partial charge in [0.1, 0.15) is 16.7 Å². The molecule has 4 rings (SSSR count). The molecule has 3 aromatic heterocycles. The predicted octanol–water partition coefficient (Wildman–Crippen LogP) is 5.44. The highest BCUT2D eigenvalue weighted by atomic mass is 32.1. The first-order valence-corrected chi connectivity index (χ1v) is 9.39. The van der Waals surface area contributed by atoms with E-state index in [2.05, 4.69) is 16.2 Å². The molecule has 0 fully saturated rings. The molecular formula is C20H13F3N4OS. The smallest absolute Gasteiger partial charge is 0.435 e. The van der Waals surface area contributed by atoms with Crippen molar-refractivity contribution in [3.8, 4) is 34.1 Å². The van der Waals surface area contributed by atoms with Gasteiger partial charge in [-0.25, -0.2) is 0 Å². The number of alkyl halides is 3. The molecule has 0 spiro atoms. The lowest BCUT2D eigenvalue weighted by atomic mass is 9.93. The first-order chi connectivity index (χ1) is 13.8. The summed E-state index contributed by atoms with van der Waals surface area (Å²) >= 11 is 1.24. The van der Waals surface area contributed by atoms with Crippen LogP contribution in [0.3, 0.4) is 0 Å². The van der Waals surface area contributed by atoms with Gasteiger partial charge in [0, 0.05) is 41.6 Å². The van der Waals surface area contributed by atoms with Crippen molar-refractivity contribution in [2.45, 2.75) is 19.6 Å². The molecule has 3 heterocycles. The number of phenolic OH excluding ortho intramolecular Hbond substituents is 1. The minimum atomic E-state index is -4.63. The molecule has 0 aliphatic rings. The number of halogens is 3. The molecule has 29 heavy (non-hydrogen) atoms. The van der Waals surface area contributed by atoms with E-state index < -0.39 is 11.9 Å². The Labute approximate surface area is 167 Å². The van der Waals surface area contributed by atoms with E-state index in [4.69, 9.17) is 0 Å². The summed E-state index contributed by atoms with van der Waals surface area (Å²) in [6.07, 6.45) is -0.165. The summed E-state index contributed by atoms with van der Waals surface area (Å²) in [6.45, 7) is 1.98. The average molecular weight is 414 g/mol. The molecule has 0 unspecified atom stereocenters. The molecule has 5 nitrogen and oxygen atoms in total. The number of hydrogen-bond acceptors (Lipinski definition) is 5. The number of aromatic nitrogens is 3. The zero-order chi connectivity index (χ0) is 20.8. The van der Waals surface area contributed by atoms with Crippen molar-refractivity contribution in [1.29, 1.82) is 5.26 Å². The first-order valence-electron chi connectivity index (χ1n) is 8.58. The Balaban J connectivity index is 2.03. The van der Waals surface area contributed by atoms with Crippen LogP contribution in [-0.2, 0) is 12.7 Å². The van der Waals surface area contributed by atoms with Crippen LogP contribution in [0, 0.1) is 11.3 Å². The van der Waals surface area contributed by atoms with Crippen molar-refractivity contribution in [2.75, 3.05) is 0 Å². The molecular weight excluding hydrogens is 401 g/mol. The van der Waals surface area contributed by atoms with Gasteiger partial charge in [0.25, 0.3) is 0 Å². The first kappa shape index (κ1) is 19.0. The molecule has 1 N–H and O–H groups in total. The third-order valence-corrected chi connectivity index (χ3v) is 5.47. The maximum Gasteiger partial charge on any atom is 0.435 e. The van der Waals surface area contributed by atoms with Crippen LogP contribution in [0.15, 0.2) is 42.9 Å². The fraction of sp³-hybridized carbons (Fsp3) is 0.150. The standard InChI is InChI=1S/C20H13F3N4OS/c1-2-27-10-17(19(26-27)20(21,22)23)13-4-3-11(28)5-14(13)16-8-25-9-18-15(16)6-12(7-24)29-18/h3-6,8-10,28H,2H2,1H3. The Morgan fingerprint density at radius 1 is 1.14 bits per heavy atom. The number of hydrogen-bond donors (Lipinski definition) is 1. The van der Waals surface area contributed by atoms with Crippen LogP contribution in [0.4, 0.5) is 13.2 Å². The van der Waals surface area contributed by atoms with Crippen molar-refractivity contribution >= 4 is 21.4 Å². The van der Waals surface area contributed by atoms with Crippen LogP contribution in [0.1, 0.15) is 17.5 Å². The molecule has 0 saturated heterocycles. The van der Waals surface area contributed by atoms with Gasteiger partial charge in [0.15, 0.2) is 5.69 Å². The van der Waals surface area contributed by atoms with Gasteiger partial charge in [0.2, 0.25) is 0 Å². The number of fused-ring (bicyclic) bond motifs is 1. The molecule has 0 amide bonds. The van der Waals surface area contributed by atoms with E-state index in [-0.39, 0.29) is 23.4 Å². The maximum absolute atomic E-state index is 13.6. The fourth-order valence-corrected chi connectivity index (χ4v) is 4.06. The normalized spacial score (nSPS) is 11.7. The van der Waals surface area contributed by atoms with E-state index in [0.29, 0.717) is 21.4 Å². The van der Waals surface area contributed by atoms with Crippen molar-refractivity contribution < 1.29 is 18.3 Å². The highest BCUT2D eigenvalue weighted by molar-refractivity contribution is 7.19. The van der Waals surface area contributed by atoms with Gasteiger partial charge in [-0.3, -0.25) is 9.67 Å². The third kappa shape index (κ3) is 3.32. The van der Waals surface area contributed by atoms with E-state index in [1.165, 1.54) is 46.6 Å². The zero-order valence-electron chi connectivity index (χ0n) is 15.0. The van der Waals surface area contributed by atoms with Crippen LogP contribution in [-0.4, -0.2) is 19.9 Å². The van der Waals surface area contributed by atoms with Crippen molar-refractivity contribution in [3.63, 3.8) is 0 Å². The van der Waals surface area contributed by atoms with Gasteiger partial charge in [0.05, 0.1) is 4.70 Å². The number of thiophene rings is 1. The minimum absolute atomic E-state index is 0.0814. The van der Waals surface area contributed by atoms with Crippen LogP contribution in [0.2, 0.25) is 0 Å². The molecule has 9 heteroatoms. The van der Waals surface area contributed by atoms with E-state index >= 15 is 0 Å². The summed E-state index contributed by atoms with van der Waals surface area (Å²) in [5.41, 5.74) is 0.112. The van der Waals surface area contributed by atoms with Crippen molar-refractivity contribution in [2.24, 2.45) is 0 Å². The number of rotatable bonds is 3. The topological polar surface area (TPSA) is 74.7 Å². The number of phenols is 1. The van der Waals surface area contributed by atoms with Crippen molar-refractivity contribution in [1.82, 2.24) is 14.8 Å². The number of pyridine rings is 1. The lowest BCUT2D eigenvalue weighted by Crippen LogP contribution is -2.09. The summed E-state index contributed by atoms with van der Waals surface area (Å²) in [6, 6.07) is 7.92. The number of nitrogens with zero attached hydrogens (tertiary/aromatic N) is 4. The summed E-state index contributed by atoms with van der Waals surface area (Å²) in [5, 5.41) is 23.6. The number of benzene rings is 1. The molecule has 0 aliphatic heterocycles. The van der Waals surface area contributed by atoms with E-state index in [0.717, 1.165) is 4.70 Å². The monoisotopic (exact) mass is 414 g/mol. The van der Waals surface area contributed by atoms with Gasteiger partial charge < -0.3 is 5.11 Å². The summed E-state index contributed by atoms with van der Waals surface area (Å²) in [4.78, 5) is 4.63. The maximum atomic E-state index is 13.6. The van der Waals surface area contributed by atoms with E-state index in [1.807, 2.05) is 0 Å². The number of aryl methyl sites for hydroxylation is 1. The molecule has 0 bridgehead atoms. The number of nitriles is 1. The van der Waals surface area contributed by atoms with Crippen LogP contribution in [0.5, 0.6) is 5.75 Å². The van der Waals surface area contributed by atoms with E-state index in [1.54, 1.807) is 19.2 Å². The molecule has 4 aromatic rings. The third-order valence-electron chi connectivity index (χ3n) is 4.49. The Kier molecular flexibility index (Phi) is 4.51. The largest absolute Gasteiger partial charge is 0.508 e. The van der Waals surface area contributed by atoms with Crippen LogP contribution in [0.25, 0.3) is 32.3 Å². The Morgan fingerprint density at radius 3 is 2.62 bits per heavy atom. The highest BCUT2D eigenvalue weighted by Crippen LogP contribution is 2.43. The van der Waals surface area contributed by atoms with Crippen LogP contribution >= 0.6 is 11.3 Å². The molecule has 0 radical (unpaired) electrons. The lowest BCUT2D eigenvalue weighted by Gasteiger charge is -2.12.